The summed E-state index contributed by atoms with van der Waals surface area (Å²) in [6.07, 6.45) is 1.59. The fourth-order valence-corrected chi connectivity index (χ4v) is 2.90. The molecule has 0 radical (unpaired) electrons. The van der Waals surface area contributed by atoms with Crippen molar-refractivity contribution in [2.24, 2.45) is 5.10 Å². The molecular formula is C20H17Cl2N3O2. The molecule has 0 bridgehead atoms. The zero-order valence-electron chi connectivity index (χ0n) is 14.7. The smallest absolute Gasteiger partial charge is 0.271 e. The topological polar surface area (TPSA) is 55.6 Å². The van der Waals surface area contributed by atoms with E-state index in [0.717, 1.165) is 22.8 Å². The molecule has 0 aliphatic carbocycles. The van der Waals surface area contributed by atoms with Crippen LogP contribution in [0.4, 0.5) is 0 Å². The monoisotopic (exact) mass is 401 g/mol. The zero-order chi connectivity index (χ0) is 19.4. The lowest BCUT2D eigenvalue weighted by Gasteiger charge is -2.10. The highest BCUT2D eigenvalue weighted by atomic mass is 35.5. The summed E-state index contributed by atoms with van der Waals surface area (Å²) in [6.45, 7) is 2.00. The summed E-state index contributed by atoms with van der Waals surface area (Å²) in [5, 5.41) is 4.77. The van der Waals surface area contributed by atoms with Crippen LogP contribution in [0.15, 0.2) is 59.7 Å². The van der Waals surface area contributed by atoms with E-state index < -0.39 is 0 Å². The summed E-state index contributed by atoms with van der Waals surface area (Å²) in [6, 6.07) is 16.3. The highest BCUT2D eigenvalue weighted by molar-refractivity contribution is 6.42. The van der Waals surface area contributed by atoms with Crippen LogP contribution in [0.1, 0.15) is 21.7 Å². The molecule has 0 saturated carbocycles. The van der Waals surface area contributed by atoms with Gasteiger partial charge in [-0.2, -0.15) is 5.10 Å². The number of hydrogen-bond acceptors (Lipinski definition) is 3. The van der Waals surface area contributed by atoms with Gasteiger partial charge in [0.15, 0.2) is 0 Å². The van der Waals surface area contributed by atoms with Crippen molar-refractivity contribution >= 4 is 35.3 Å². The zero-order valence-corrected chi connectivity index (χ0v) is 16.3. The first-order valence-electron chi connectivity index (χ1n) is 8.11. The van der Waals surface area contributed by atoms with Crippen molar-refractivity contribution in [1.29, 1.82) is 0 Å². The quantitative estimate of drug-likeness (QED) is 0.489. The van der Waals surface area contributed by atoms with E-state index in [4.69, 9.17) is 27.9 Å². The number of methoxy groups -OCH3 is 1. The first-order chi connectivity index (χ1) is 13.0. The summed E-state index contributed by atoms with van der Waals surface area (Å²) >= 11 is 11.8. The second-order valence-electron chi connectivity index (χ2n) is 5.76. The van der Waals surface area contributed by atoms with E-state index in [1.165, 1.54) is 6.07 Å². The fourth-order valence-electron chi connectivity index (χ4n) is 2.60. The van der Waals surface area contributed by atoms with E-state index in [1.807, 2.05) is 47.9 Å². The highest BCUT2D eigenvalue weighted by Gasteiger charge is 2.08. The molecule has 3 rings (SSSR count). The Morgan fingerprint density at radius 1 is 1.07 bits per heavy atom. The van der Waals surface area contributed by atoms with Crippen LogP contribution in [0.3, 0.4) is 0 Å². The van der Waals surface area contributed by atoms with Gasteiger partial charge in [0.1, 0.15) is 5.75 Å². The molecule has 0 unspecified atom stereocenters. The number of carbonyl (C=O) groups is 1. The summed E-state index contributed by atoms with van der Waals surface area (Å²) in [5.41, 5.74) is 5.71. The maximum Gasteiger partial charge on any atom is 0.271 e. The van der Waals surface area contributed by atoms with E-state index >= 15 is 0 Å². The van der Waals surface area contributed by atoms with Crippen LogP contribution in [0.5, 0.6) is 5.75 Å². The van der Waals surface area contributed by atoms with Gasteiger partial charge in [0, 0.05) is 16.9 Å². The van der Waals surface area contributed by atoms with E-state index in [0.29, 0.717) is 15.6 Å². The molecule has 27 heavy (non-hydrogen) atoms. The van der Waals surface area contributed by atoms with E-state index in [-0.39, 0.29) is 5.91 Å². The van der Waals surface area contributed by atoms with Crippen LogP contribution in [-0.4, -0.2) is 23.8 Å². The molecular weight excluding hydrogens is 385 g/mol. The third kappa shape index (κ3) is 4.32. The van der Waals surface area contributed by atoms with Crippen molar-refractivity contribution < 1.29 is 9.53 Å². The third-order valence-corrected chi connectivity index (χ3v) is 4.72. The summed E-state index contributed by atoms with van der Waals surface area (Å²) in [7, 11) is 1.63. The molecule has 1 heterocycles. The Labute approximate surface area is 167 Å². The Kier molecular flexibility index (Phi) is 5.84. The highest BCUT2D eigenvalue weighted by Crippen LogP contribution is 2.22. The molecule has 0 aliphatic heterocycles. The molecule has 0 spiro atoms. The minimum Gasteiger partial charge on any atom is -0.497 e. The van der Waals surface area contributed by atoms with Crippen LogP contribution in [0, 0.1) is 6.92 Å². The van der Waals surface area contributed by atoms with Gasteiger partial charge in [-0.25, -0.2) is 5.43 Å². The first-order valence-corrected chi connectivity index (χ1v) is 8.86. The number of rotatable bonds is 5. The third-order valence-electron chi connectivity index (χ3n) is 3.98. The largest absolute Gasteiger partial charge is 0.497 e. The van der Waals surface area contributed by atoms with Crippen molar-refractivity contribution in [3.63, 3.8) is 0 Å². The standard InChI is InChI=1S/C20H17Cl2N3O2/c1-13-3-5-16(25(13)15-6-8-17(27-2)9-7-15)12-23-24-20(26)14-4-10-18(21)19(22)11-14/h3-12H,1-2H3,(H,24,26)/b23-12+. The molecule has 2 aromatic carbocycles. The van der Waals surface area contributed by atoms with Crippen LogP contribution in [0.25, 0.3) is 5.69 Å². The van der Waals surface area contributed by atoms with Crippen molar-refractivity contribution in [2.45, 2.75) is 6.92 Å². The fraction of sp³-hybridized carbons (Fsp3) is 0.100. The van der Waals surface area contributed by atoms with E-state index in [2.05, 4.69) is 10.5 Å². The Balaban J connectivity index is 1.77. The number of halogens is 2. The number of ether oxygens (including phenoxy) is 1. The predicted molar refractivity (Wildman–Crippen MR) is 109 cm³/mol. The molecule has 3 aromatic rings. The lowest BCUT2D eigenvalue weighted by molar-refractivity contribution is 0.0955. The van der Waals surface area contributed by atoms with Crippen molar-refractivity contribution in [1.82, 2.24) is 9.99 Å². The van der Waals surface area contributed by atoms with Gasteiger partial charge < -0.3 is 9.30 Å². The van der Waals surface area contributed by atoms with E-state index in [1.54, 1.807) is 25.5 Å². The van der Waals surface area contributed by atoms with Gasteiger partial charge in [0.2, 0.25) is 0 Å². The van der Waals surface area contributed by atoms with Gasteiger partial charge >= 0.3 is 0 Å². The molecule has 0 fully saturated rings. The molecule has 0 saturated heterocycles. The number of benzene rings is 2. The number of aromatic nitrogens is 1. The van der Waals surface area contributed by atoms with Crippen molar-refractivity contribution in [3.05, 3.63) is 81.6 Å². The first kappa shape index (κ1) is 19.0. The lowest BCUT2D eigenvalue weighted by Crippen LogP contribution is -2.17. The molecule has 0 aliphatic rings. The number of carbonyl (C=O) groups excluding carboxylic acids is 1. The van der Waals surface area contributed by atoms with Gasteiger partial charge in [-0.15, -0.1) is 0 Å². The molecule has 0 atom stereocenters. The molecule has 1 N–H and O–H groups in total. The SMILES string of the molecule is COc1ccc(-n2c(C)ccc2/C=N/NC(=O)c2ccc(Cl)c(Cl)c2)cc1. The van der Waals surface area contributed by atoms with Crippen LogP contribution in [-0.2, 0) is 0 Å². The normalized spacial score (nSPS) is 11.0. The van der Waals surface area contributed by atoms with Gasteiger partial charge in [-0.3, -0.25) is 4.79 Å². The van der Waals surface area contributed by atoms with E-state index in [9.17, 15) is 4.79 Å². The number of hydrazone groups is 1. The Hall–Kier alpha value is -2.76. The maximum atomic E-state index is 12.2. The number of aryl methyl sites for hydroxylation is 1. The van der Waals surface area contributed by atoms with Crippen molar-refractivity contribution in [3.8, 4) is 11.4 Å². The Morgan fingerprint density at radius 3 is 2.48 bits per heavy atom. The Bertz CT molecular complexity index is 995. The maximum absolute atomic E-state index is 12.2. The van der Waals surface area contributed by atoms with Crippen LogP contribution < -0.4 is 10.2 Å². The van der Waals surface area contributed by atoms with Gasteiger partial charge in [-0.1, -0.05) is 23.2 Å². The average molecular weight is 402 g/mol. The van der Waals surface area contributed by atoms with Gasteiger partial charge in [0.25, 0.3) is 5.91 Å². The average Bonchev–Trinajstić information content (AvgIpc) is 3.04. The second-order valence-corrected chi connectivity index (χ2v) is 6.58. The second kappa shape index (κ2) is 8.29. The van der Waals surface area contributed by atoms with Crippen LogP contribution >= 0.6 is 23.2 Å². The number of hydrogen-bond donors (Lipinski definition) is 1. The lowest BCUT2D eigenvalue weighted by atomic mass is 10.2. The van der Waals surface area contributed by atoms with Gasteiger partial charge in [-0.05, 0) is 61.5 Å². The summed E-state index contributed by atoms with van der Waals surface area (Å²) < 4.78 is 7.22. The van der Waals surface area contributed by atoms with Gasteiger partial charge in [0.05, 0.1) is 29.1 Å². The van der Waals surface area contributed by atoms with Crippen LogP contribution in [0.2, 0.25) is 10.0 Å². The number of nitrogens with one attached hydrogen (secondary N) is 1. The Morgan fingerprint density at radius 2 is 1.81 bits per heavy atom. The molecule has 7 heteroatoms. The molecule has 1 amide bonds. The molecule has 5 nitrogen and oxygen atoms in total. The molecule has 138 valence electrons. The molecule has 1 aromatic heterocycles. The minimum atomic E-state index is -0.371. The summed E-state index contributed by atoms with van der Waals surface area (Å²) in [5.74, 6) is 0.414. The minimum absolute atomic E-state index is 0.317. The summed E-state index contributed by atoms with van der Waals surface area (Å²) in [4.78, 5) is 12.2. The number of amides is 1. The number of nitrogens with zero attached hydrogens (tertiary/aromatic N) is 2. The predicted octanol–water partition coefficient (Wildman–Crippen LogP) is 4.87. The van der Waals surface area contributed by atoms with Crippen molar-refractivity contribution in [2.75, 3.05) is 7.11 Å².